The largest absolute Gasteiger partial charge is 0.398 e. The third-order valence-electron chi connectivity index (χ3n) is 5.04. The minimum Gasteiger partial charge on any atom is -0.349 e. The summed E-state index contributed by atoms with van der Waals surface area (Å²) in [6, 6.07) is 9.10. The number of carbonyl (C=O) groups excluding carboxylic acids is 1. The Hall–Kier alpha value is -2.90. The highest BCUT2D eigenvalue weighted by Crippen LogP contribution is 2.34. The van der Waals surface area contributed by atoms with Crippen LogP contribution < -0.4 is 5.32 Å². The summed E-state index contributed by atoms with van der Waals surface area (Å²) in [4.78, 5) is 12.3. The first-order chi connectivity index (χ1) is 13.2. The molecule has 0 radical (unpaired) electrons. The van der Waals surface area contributed by atoms with Crippen LogP contribution in [0.3, 0.4) is 0 Å². The molecule has 1 fully saturated rings. The lowest BCUT2D eigenvalue weighted by Gasteiger charge is -2.14. The van der Waals surface area contributed by atoms with E-state index in [9.17, 15) is 18.0 Å². The van der Waals surface area contributed by atoms with Gasteiger partial charge < -0.3 is 5.32 Å². The van der Waals surface area contributed by atoms with E-state index in [1.165, 1.54) is 4.40 Å². The minimum absolute atomic E-state index is 0.117. The van der Waals surface area contributed by atoms with Crippen LogP contribution in [0.5, 0.6) is 0 Å². The van der Waals surface area contributed by atoms with Crippen LogP contribution in [0.15, 0.2) is 36.5 Å². The average molecular weight is 388 g/mol. The van der Waals surface area contributed by atoms with E-state index in [0.717, 1.165) is 36.5 Å². The average Bonchev–Trinajstić information content (AvgIpc) is 3.36. The van der Waals surface area contributed by atoms with Gasteiger partial charge in [-0.05, 0) is 67.6 Å². The van der Waals surface area contributed by atoms with Crippen molar-refractivity contribution in [2.45, 2.75) is 44.8 Å². The highest BCUT2D eigenvalue weighted by Gasteiger charge is 2.40. The summed E-state index contributed by atoms with van der Waals surface area (Å²) >= 11 is 0. The Balaban J connectivity index is 1.70. The molecule has 1 saturated carbocycles. The number of nitrogens with one attached hydrogen (secondary N) is 1. The number of aryl methyl sites for hydroxylation is 1. The molecular weight excluding hydrogens is 369 g/mol. The van der Waals surface area contributed by atoms with Crippen LogP contribution in [-0.2, 0) is 0 Å². The molecule has 1 atom stereocenters. The smallest absolute Gasteiger partial charge is 0.349 e. The molecule has 0 aliphatic heterocycles. The minimum atomic E-state index is -4.39. The zero-order valence-corrected chi connectivity index (χ0v) is 15.4. The molecule has 0 saturated heterocycles. The monoisotopic (exact) mass is 388 g/mol. The Morgan fingerprint density at radius 1 is 1.21 bits per heavy atom. The summed E-state index contributed by atoms with van der Waals surface area (Å²) in [5.41, 5.74) is 3.44. The quantitative estimate of drug-likeness (QED) is 0.726. The van der Waals surface area contributed by atoms with Crippen molar-refractivity contribution in [1.82, 2.24) is 19.9 Å². The van der Waals surface area contributed by atoms with E-state index in [1.54, 1.807) is 30.5 Å². The van der Waals surface area contributed by atoms with Crippen molar-refractivity contribution < 1.29 is 18.0 Å². The predicted molar refractivity (Wildman–Crippen MR) is 98.1 cm³/mol. The van der Waals surface area contributed by atoms with E-state index in [-0.39, 0.29) is 17.8 Å². The molecule has 2 aromatic heterocycles. The van der Waals surface area contributed by atoms with Gasteiger partial charge >= 0.3 is 6.18 Å². The van der Waals surface area contributed by atoms with Gasteiger partial charge in [-0.15, -0.1) is 10.2 Å². The van der Waals surface area contributed by atoms with Gasteiger partial charge in [-0.3, -0.25) is 9.20 Å². The normalized spacial score (nSPS) is 15.6. The van der Waals surface area contributed by atoms with Gasteiger partial charge in [-0.2, -0.15) is 13.2 Å². The van der Waals surface area contributed by atoms with E-state index in [4.69, 9.17) is 0 Å². The number of carbonyl (C=O) groups is 1. The summed E-state index contributed by atoms with van der Waals surface area (Å²) in [7, 11) is 0. The van der Waals surface area contributed by atoms with Crippen LogP contribution in [0.1, 0.15) is 47.4 Å². The van der Waals surface area contributed by atoms with Gasteiger partial charge in [0.1, 0.15) is 11.7 Å². The lowest BCUT2D eigenvalue weighted by molar-refractivity contribution is -0.148. The van der Waals surface area contributed by atoms with Crippen molar-refractivity contribution in [1.29, 1.82) is 0 Å². The highest BCUT2D eigenvalue weighted by atomic mass is 19.4. The Morgan fingerprint density at radius 3 is 2.64 bits per heavy atom. The second kappa shape index (κ2) is 6.61. The van der Waals surface area contributed by atoms with E-state index in [1.807, 2.05) is 13.0 Å². The Labute approximate surface area is 159 Å². The van der Waals surface area contributed by atoms with E-state index in [2.05, 4.69) is 15.5 Å². The fourth-order valence-corrected chi connectivity index (χ4v) is 3.09. The molecule has 5 nitrogen and oxygen atoms in total. The maximum atomic E-state index is 13.0. The second-order valence-electron chi connectivity index (χ2n) is 7.24. The van der Waals surface area contributed by atoms with Crippen LogP contribution >= 0.6 is 0 Å². The first kappa shape index (κ1) is 18.5. The van der Waals surface area contributed by atoms with Gasteiger partial charge in [0.25, 0.3) is 5.91 Å². The molecule has 0 spiro atoms. The van der Waals surface area contributed by atoms with Gasteiger partial charge in [0.05, 0.1) is 0 Å². The number of pyridine rings is 1. The van der Waals surface area contributed by atoms with Crippen LogP contribution in [-0.4, -0.2) is 32.7 Å². The topological polar surface area (TPSA) is 59.3 Å². The molecule has 1 aliphatic rings. The van der Waals surface area contributed by atoms with Crippen LogP contribution in [0.25, 0.3) is 16.8 Å². The third-order valence-corrected chi connectivity index (χ3v) is 5.04. The molecule has 1 amide bonds. The van der Waals surface area contributed by atoms with E-state index in [0.29, 0.717) is 11.2 Å². The molecular formula is C20H19F3N4O. The first-order valence-electron chi connectivity index (χ1n) is 9.07. The molecule has 28 heavy (non-hydrogen) atoms. The fraction of sp³-hybridized carbons (Fsp3) is 0.350. The summed E-state index contributed by atoms with van der Waals surface area (Å²) in [5, 5.41) is 10.6. The number of nitrogens with zero attached hydrogens (tertiary/aromatic N) is 3. The SMILES string of the molecule is Cc1ccc(C(=O)NC2CC2)cc1-c1ccn2c([C@@H](C)C(F)(F)F)nnc2c1. The molecule has 3 aromatic rings. The van der Waals surface area contributed by atoms with Crippen molar-refractivity contribution in [3.8, 4) is 11.1 Å². The van der Waals surface area contributed by atoms with Gasteiger partial charge in [0.2, 0.25) is 0 Å². The predicted octanol–water partition coefficient (Wildman–Crippen LogP) is 4.26. The van der Waals surface area contributed by atoms with Crippen molar-refractivity contribution in [3.63, 3.8) is 0 Å². The zero-order chi connectivity index (χ0) is 20.1. The number of rotatable bonds is 4. The summed E-state index contributed by atoms with van der Waals surface area (Å²) in [6.07, 6.45) is -0.834. The molecule has 2 heterocycles. The van der Waals surface area contributed by atoms with Gasteiger partial charge in [-0.25, -0.2) is 0 Å². The molecule has 4 rings (SSSR count). The number of halogens is 3. The molecule has 0 bridgehead atoms. The molecule has 1 aliphatic carbocycles. The number of hydrogen-bond donors (Lipinski definition) is 1. The maximum absolute atomic E-state index is 13.0. The van der Waals surface area contributed by atoms with Crippen LogP contribution in [0, 0.1) is 6.92 Å². The fourth-order valence-electron chi connectivity index (χ4n) is 3.09. The standard InChI is InChI=1S/C20H19F3N4O/c1-11-3-4-14(19(28)24-15-5-6-15)9-16(11)13-7-8-27-17(10-13)25-26-18(27)12(2)20(21,22)23/h3-4,7-10,12,15H,5-6H2,1-2H3,(H,24,28)/t12-/m1/s1. The number of aromatic nitrogens is 3. The number of amides is 1. The van der Waals surface area contributed by atoms with Crippen molar-refractivity contribution in [3.05, 3.63) is 53.5 Å². The van der Waals surface area contributed by atoms with Gasteiger partial charge in [-0.1, -0.05) is 6.07 Å². The number of hydrogen-bond acceptors (Lipinski definition) is 3. The summed E-state index contributed by atoms with van der Waals surface area (Å²) in [6.45, 7) is 2.99. The first-order valence-corrected chi connectivity index (χ1v) is 9.07. The third kappa shape index (κ3) is 3.46. The van der Waals surface area contributed by atoms with Gasteiger partial charge in [0, 0.05) is 17.8 Å². The lowest BCUT2D eigenvalue weighted by Crippen LogP contribution is -2.25. The Morgan fingerprint density at radius 2 is 1.96 bits per heavy atom. The lowest BCUT2D eigenvalue weighted by atomic mass is 9.98. The maximum Gasteiger partial charge on any atom is 0.398 e. The molecule has 1 aromatic carbocycles. The molecule has 8 heteroatoms. The second-order valence-corrected chi connectivity index (χ2v) is 7.24. The van der Waals surface area contributed by atoms with E-state index >= 15 is 0 Å². The number of alkyl halides is 3. The number of benzene rings is 1. The van der Waals surface area contributed by atoms with Crippen molar-refractivity contribution in [2.24, 2.45) is 0 Å². The molecule has 146 valence electrons. The Kier molecular flexibility index (Phi) is 4.36. The van der Waals surface area contributed by atoms with Gasteiger partial charge in [0.15, 0.2) is 5.65 Å². The van der Waals surface area contributed by atoms with Crippen molar-refractivity contribution in [2.75, 3.05) is 0 Å². The summed E-state index contributed by atoms with van der Waals surface area (Å²) in [5.74, 6) is -1.98. The zero-order valence-electron chi connectivity index (χ0n) is 15.4. The Bertz CT molecular complexity index is 1050. The highest BCUT2D eigenvalue weighted by molar-refractivity contribution is 5.96. The number of fused-ring (bicyclic) bond motifs is 1. The van der Waals surface area contributed by atoms with Crippen molar-refractivity contribution >= 4 is 11.6 Å². The molecule has 1 N–H and O–H groups in total. The summed E-state index contributed by atoms with van der Waals surface area (Å²) < 4.78 is 40.4. The van der Waals surface area contributed by atoms with Crippen LogP contribution in [0.2, 0.25) is 0 Å². The van der Waals surface area contributed by atoms with Crippen LogP contribution in [0.4, 0.5) is 13.2 Å². The van der Waals surface area contributed by atoms with E-state index < -0.39 is 12.1 Å². The molecule has 0 unspecified atom stereocenters.